The van der Waals surface area contributed by atoms with E-state index in [1.54, 1.807) is 42.1 Å². The van der Waals surface area contributed by atoms with Crippen molar-refractivity contribution in [2.24, 2.45) is 0 Å². The average molecular weight is 331 g/mol. The van der Waals surface area contributed by atoms with Gasteiger partial charge >= 0.3 is 5.97 Å². The average Bonchev–Trinajstić information content (AvgIpc) is 2.94. The second kappa shape index (κ2) is 7.16. The van der Waals surface area contributed by atoms with Crippen LogP contribution in [0.25, 0.3) is 0 Å². The summed E-state index contributed by atoms with van der Waals surface area (Å²) in [6.45, 7) is 5.62. The number of benzene rings is 1. The topological polar surface area (TPSA) is 93.5 Å². The monoisotopic (exact) mass is 331 g/mol. The maximum Gasteiger partial charge on any atom is 0.330 e. The molecule has 2 N–H and O–H groups in total. The lowest BCUT2D eigenvalue weighted by molar-refractivity contribution is -0.139. The van der Waals surface area contributed by atoms with Crippen LogP contribution < -0.4 is 10.1 Å². The number of amides is 1. The van der Waals surface area contributed by atoms with Gasteiger partial charge in [0.25, 0.3) is 5.91 Å². The molecule has 0 aliphatic heterocycles. The summed E-state index contributed by atoms with van der Waals surface area (Å²) in [5.41, 5.74) is 1.35. The van der Waals surface area contributed by atoms with Crippen molar-refractivity contribution in [3.05, 3.63) is 47.3 Å². The Morgan fingerprint density at radius 1 is 1.33 bits per heavy atom. The van der Waals surface area contributed by atoms with E-state index in [1.807, 2.05) is 13.8 Å². The van der Waals surface area contributed by atoms with Crippen LogP contribution in [0.2, 0.25) is 0 Å². The first-order valence-corrected chi connectivity index (χ1v) is 7.57. The van der Waals surface area contributed by atoms with E-state index in [4.69, 9.17) is 4.74 Å². The highest BCUT2D eigenvalue weighted by atomic mass is 16.5. The lowest BCUT2D eigenvalue weighted by Crippen LogP contribution is -2.34. The van der Waals surface area contributed by atoms with Crippen LogP contribution in [-0.2, 0) is 4.79 Å². The van der Waals surface area contributed by atoms with Gasteiger partial charge in [-0.2, -0.15) is 5.10 Å². The lowest BCUT2D eigenvalue weighted by Gasteiger charge is -2.15. The number of hydrogen-bond acceptors (Lipinski definition) is 4. The molecule has 0 saturated heterocycles. The Balaban J connectivity index is 2.27. The van der Waals surface area contributed by atoms with Crippen molar-refractivity contribution >= 4 is 11.9 Å². The van der Waals surface area contributed by atoms with Crippen molar-refractivity contribution in [1.82, 2.24) is 15.1 Å². The number of carbonyl (C=O) groups is 2. The molecule has 1 heterocycles. The molecule has 2 rings (SSSR count). The summed E-state index contributed by atoms with van der Waals surface area (Å²) in [6, 6.07) is 5.54. The minimum absolute atomic E-state index is 0.110. The van der Waals surface area contributed by atoms with Crippen LogP contribution in [0.15, 0.2) is 30.5 Å². The Morgan fingerprint density at radius 2 is 2.04 bits per heavy atom. The summed E-state index contributed by atoms with van der Waals surface area (Å²) in [5, 5.41) is 16.3. The molecule has 0 aliphatic rings. The van der Waals surface area contributed by atoms with Gasteiger partial charge in [-0.05, 0) is 38.5 Å². The highest BCUT2D eigenvalue weighted by Gasteiger charge is 2.25. The van der Waals surface area contributed by atoms with Gasteiger partial charge in [-0.3, -0.25) is 9.48 Å². The third kappa shape index (κ3) is 3.73. The molecule has 0 fully saturated rings. The molecule has 0 unspecified atom stereocenters. The Morgan fingerprint density at radius 3 is 2.58 bits per heavy atom. The fraction of sp³-hybridized carbons (Fsp3) is 0.353. The molecule has 0 spiro atoms. The maximum absolute atomic E-state index is 12.5. The predicted octanol–water partition coefficient (Wildman–Crippen LogP) is 2.34. The maximum atomic E-state index is 12.5. The zero-order valence-electron chi connectivity index (χ0n) is 14.1. The van der Waals surface area contributed by atoms with Gasteiger partial charge in [-0.1, -0.05) is 12.1 Å². The molecule has 1 aromatic heterocycles. The van der Waals surface area contributed by atoms with E-state index < -0.39 is 17.9 Å². The number of methoxy groups -OCH3 is 1. The lowest BCUT2D eigenvalue weighted by atomic mass is 10.1. The fourth-order valence-corrected chi connectivity index (χ4v) is 2.29. The first-order valence-electron chi connectivity index (χ1n) is 7.57. The second-order valence-electron chi connectivity index (χ2n) is 5.72. The predicted molar refractivity (Wildman–Crippen MR) is 88.2 cm³/mol. The number of carboxylic acid groups (broad SMARTS) is 1. The number of aromatic nitrogens is 2. The molecule has 0 bridgehead atoms. The number of rotatable bonds is 6. The zero-order chi connectivity index (χ0) is 17.9. The van der Waals surface area contributed by atoms with Crippen molar-refractivity contribution in [1.29, 1.82) is 0 Å². The highest BCUT2D eigenvalue weighted by Crippen LogP contribution is 2.20. The van der Waals surface area contributed by atoms with Crippen molar-refractivity contribution in [3.63, 3.8) is 0 Å². The molecule has 7 nitrogen and oxygen atoms in total. The number of hydrogen-bond donors (Lipinski definition) is 2. The van der Waals surface area contributed by atoms with Gasteiger partial charge in [-0.15, -0.1) is 0 Å². The Kier molecular flexibility index (Phi) is 5.23. The Hall–Kier alpha value is -2.83. The van der Waals surface area contributed by atoms with Crippen molar-refractivity contribution < 1.29 is 19.4 Å². The largest absolute Gasteiger partial charge is 0.497 e. The molecule has 1 atom stereocenters. The minimum atomic E-state index is -1.17. The van der Waals surface area contributed by atoms with Crippen LogP contribution in [0, 0.1) is 6.92 Å². The number of ether oxygens (including phenoxy) is 1. The van der Waals surface area contributed by atoms with Gasteiger partial charge in [0.05, 0.1) is 18.4 Å². The summed E-state index contributed by atoms with van der Waals surface area (Å²) in [5.74, 6) is -1.10. The van der Waals surface area contributed by atoms with Crippen LogP contribution >= 0.6 is 0 Å². The summed E-state index contributed by atoms with van der Waals surface area (Å²) >= 11 is 0. The number of aliphatic carboxylic acids is 1. The normalized spacial score (nSPS) is 12.0. The quantitative estimate of drug-likeness (QED) is 0.847. The van der Waals surface area contributed by atoms with Gasteiger partial charge in [0.2, 0.25) is 0 Å². The third-order valence-corrected chi connectivity index (χ3v) is 3.64. The van der Waals surface area contributed by atoms with Gasteiger partial charge in [0, 0.05) is 12.2 Å². The fourth-order valence-electron chi connectivity index (χ4n) is 2.29. The van der Waals surface area contributed by atoms with Crippen molar-refractivity contribution in [3.8, 4) is 5.75 Å². The molecule has 1 aromatic carbocycles. The minimum Gasteiger partial charge on any atom is -0.497 e. The SMILES string of the molecule is COc1cccc([C@H](NC(=O)c2cn(C(C)C)nc2C)C(=O)O)c1. The summed E-state index contributed by atoms with van der Waals surface area (Å²) in [7, 11) is 1.50. The molecule has 24 heavy (non-hydrogen) atoms. The van der Waals surface area contributed by atoms with Gasteiger partial charge in [0.15, 0.2) is 6.04 Å². The standard InChI is InChI=1S/C17H21N3O4/c1-10(2)20-9-14(11(3)19-20)16(21)18-15(17(22)23)12-6-5-7-13(8-12)24-4/h5-10,15H,1-4H3,(H,18,21)(H,22,23)/t15-/m0/s1. The van der Waals surface area contributed by atoms with E-state index in [0.29, 0.717) is 22.6 Å². The summed E-state index contributed by atoms with van der Waals surface area (Å²) in [6.07, 6.45) is 1.62. The first-order chi connectivity index (χ1) is 11.3. The second-order valence-corrected chi connectivity index (χ2v) is 5.72. The van der Waals surface area contributed by atoms with Gasteiger partial charge in [0.1, 0.15) is 5.75 Å². The molecule has 0 aliphatic carbocycles. The molecule has 0 saturated carbocycles. The van der Waals surface area contributed by atoms with Crippen LogP contribution in [0.1, 0.15) is 47.5 Å². The van der Waals surface area contributed by atoms with Crippen molar-refractivity contribution in [2.45, 2.75) is 32.9 Å². The van der Waals surface area contributed by atoms with Gasteiger partial charge < -0.3 is 15.2 Å². The summed E-state index contributed by atoms with van der Waals surface area (Å²) in [4.78, 5) is 24.1. The van der Waals surface area contributed by atoms with E-state index in [1.165, 1.54) is 7.11 Å². The molecule has 7 heteroatoms. The van der Waals surface area contributed by atoms with E-state index in [2.05, 4.69) is 10.4 Å². The van der Waals surface area contributed by atoms with Crippen LogP contribution in [-0.4, -0.2) is 33.9 Å². The van der Waals surface area contributed by atoms with Crippen LogP contribution in [0.5, 0.6) is 5.75 Å². The van der Waals surface area contributed by atoms with Crippen LogP contribution in [0.3, 0.4) is 0 Å². The number of carboxylic acids is 1. The molecule has 1 amide bonds. The van der Waals surface area contributed by atoms with Crippen LogP contribution in [0.4, 0.5) is 0 Å². The third-order valence-electron chi connectivity index (χ3n) is 3.64. The van der Waals surface area contributed by atoms with E-state index in [-0.39, 0.29) is 6.04 Å². The molecular weight excluding hydrogens is 310 g/mol. The van der Waals surface area contributed by atoms with E-state index in [9.17, 15) is 14.7 Å². The molecular formula is C17H21N3O4. The smallest absolute Gasteiger partial charge is 0.330 e. The van der Waals surface area contributed by atoms with E-state index >= 15 is 0 Å². The number of nitrogens with zero attached hydrogens (tertiary/aromatic N) is 2. The van der Waals surface area contributed by atoms with E-state index in [0.717, 1.165) is 0 Å². The zero-order valence-corrected chi connectivity index (χ0v) is 14.1. The first kappa shape index (κ1) is 17.5. The molecule has 0 radical (unpaired) electrons. The number of aryl methyl sites for hydroxylation is 1. The summed E-state index contributed by atoms with van der Waals surface area (Å²) < 4.78 is 6.78. The number of nitrogens with one attached hydrogen (secondary N) is 1. The highest BCUT2D eigenvalue weighted by molar-refractivity contribution is 5.97. The number of carbonyl (C=O) groups excluding carboxylic acids is 1. The Labute approximate surface area is 140 Å². The molecule has 128 valence electrons. The van der Waals surface area contributed by atoms with Gasteiger partial charge in [-0.25, -0.2) is 4.79 Å². The molecule has 2 aromatic rings. The van der Waals surface area contributed by atoms with Crippen molar-refractivity contribution in [2.75, 3.05) is 7.11 Å². The Bertz CT molecular complexity index is 752.